The minimum Gasteiger partial charge on any atom is -0.488 e. The summed E-state index contributed by atoms with van der Waals surface area (Å²) in [7, 11) is 0. The van der Waals surface area contributed by atoms with Gasteiger partial charge in [-0.05, 0) is 58.6 Å². The van der Waals surface area contributed by atoms with Gasteiger partial charge in [0.1, 0.15) is 12.4 Å². The Bertz CT molecular complexity index is 550. The van der Waals surface area contributed by atoms with Gasteiger partial charge in [0.2, 0.25) is 0 Å². The van der Waals surface area contributed by atoms with Crippen LogP contribution in [0.25, 0.3) is 6.08 Å². The normalized spacial score (nSPS) is 10.9. The van der Waals surface area contributed by atoms with Crippen molar-refractivity contribution in [2.75, 3.05) is 6.61 Å². The van der Waals surface area contributed by atoms with Crippen molar-refractivity contribution in [2.45, 2.75) is 13.8 Å². The molecule has 0 aliphatic heterocycles. The van der Waals surface area contributed by atoms with Crippen LogP contribution in [0.3, 0.4) is 0 Å². The van der Waals surface area contributed by atoms with E-state index in [0.717, 1.165) is 15.8 Å². The number of halogens is 1. The highest BCUT2D eigenvalue weighted by Crippen LogP contribution is 2.30. The average Bonchev–Trinajstić information content (AvgIpc) is 2.38. The second-order valence-electron chi connectivity index (χ2n) is 4.52. The van der Waals surface area contributed by atoms with Crippen molar-refractivity contribution in [3.8, 4) is 5.75 Å². The Morgan fingerprint density at radius 2 is 1.84 bits per heavy atom. The summed E-state index contributed by atoms with van der Waals surface area (Å²) in [6.07, 6.45) is 4.10. The SMILES string of the molecule is Cc1cc(C)c(OC/C=C/c2ccccc2)c(Br)c1. The summed E-state index contributed by atoms with van der Waals surface area (Å²) in [5.41, 5.74) is 3.57. The van der Waals surface area contributed by atoms with Gasteiger partial charge in [0.15, 0.2) is 0 Å². The fourth-order valence-electron chi connectivity index (χ4n) is 1.97. The maximum absolute atomic E-state index is 5.81. The van der Waals surface area contributed by atoms with E-state index in [-0.39, 0.29) is 0 Å². The van der Waals surface area contributed by atoms with Crippen LogP contribution in [0.5, 0.6) is 5.75 Å². The molecule has 2 heteroatoms. The Hall–Kier alpha value is -1.54. The summed E-state index contributed by atoms with van der Waals surface area (Å²) in [5.74, 6) is 0.920. The molecule has 0 aliphatic carbocycles. The van der Waals surface area contributed by atoms with Gasteiger partial charge in [0.05, 0.1) is 4.47 Å². The summed E-state index contributed by atoms with van der Waals surface area (Å²) in [5, 5.41) is 0. The van der Waals surface area contributed by atoms with Gasteiger partial charge in [-0.1, -0.05) is 42.5 Å². The molecule has 2 aromatic carbocycles. The van der Waals surface area contributed by atoms with Crippen LogP contribution in [0.4, 0.5) is 0 Å². The van der Waals surface area contributed by atoms with Gasteiger partial charge in [0, 0.05) is 0 Å². The molecule has 0 atom stereocenters. The first-order valence-corrected chi connectivity index (χ1v) is 7.07. The van der Waals surface area contributed by atoms with Gasteiger partial charge in [0.25, 0.3) is 0 Å². The monoisotopic (exact) mass is 316 g/mol. The largest absolute Gasteiger partial charge is 0.488 e. The van der Waals surface area contributed by atoms with E-state index in [0.29, 0.717) is 6.61 Å². The zero-order chi connectivity index (χ0) is 13.7. The Morgan fingerprint density at radius 1 is 1.11 bits per heavy atom. The fourth-order valence-corrected chi connectivity index (χ4v) is 2.75. The second-order valence-corrected chi connectivity index (χ2v) is 5.37. The van der Waals surface area contributed by atoms with Crippen LogP contribution in [-0.4, -0.2) is 6.61 Å². The smallest absolute Gasteiger partial charge is 0.136 e. The molecule has 0 amide bonds. The molecule has 2 aromatic rings. The van der Waals surface area contributed by atoms with Crippen molar-refractivity contribution < 1.29 is 4.74 Å². The van der Waals surface area contributed by atoms with Crippen LogP contribution in [0.2, 0.25) is 0 Å². The van der Waals surface area contributed by atoms with E-state index in [1.54, 1.807) is 0 Å². The van der Waals surface area contributed by atoms with Crippen LogP contribution >= 0.6 is 15.9 Å². The number of benzene rings is 2. The maximum Gasteiger partial charge on any atom is 0.136 e. The molecule has 98 valence electrons. The van der Waals surface area contributed by atoms with Crippen LogP contribution in [0, 0.1) is 13.8 Å². The first-order chi connectivity index (χ1) is 9.16. The van der Waals surface area contributed by atoms with Gasteiger partial charge < -0.3 is 4.74 Å². The molecule has 19 heavy (non-hydrogen) atoms. The van der Waals surface area contributed by atoms with E-state index in [4.69, 9.17) is 4.74 Å². The molecule has 2 rings (SSSR count). The van der Waals surface area contributed by atoms with Crippen molar-refractivity contribution in [1.82, 2.24) is 0 Å². The lowest BCUT2D eigenvalue weighted by molar-refractivity contribution is 0.358. The molecule has 0 heterocycles. The molecule has 0 spiro atoms. The van der Waals surface area contributed by atoms with E-state index in [9.17, 15) is 0 Å². The quantitative estimate of drug-likeness (QED) is 0.757. The lowest BCUT2D eigenvalue weighted by Gasteiger charge is -2.10. The Labute approximate surface area is 123 Å². The Morgan fingerprint density at radius 3 is 2.53 bits per heavy atom. The van der Waals surface area contributed by atoms with E-state index in [2.05, 4.69) is 60.1 Å². The van der Waals surface area contributed by atoms with Crippen molar-refractivity contribution in [1.29, 1.82) is 0 Å². The predicted octanol–water partition coefficient (Wildman–Crippen LogP) is 5.16. The molecule has 0 unspecified atom stereocenters. The second kappa shape index (κ2) is 6.58. The predicted molar refractivity (Wildman–Crippen MR) is 84.6 cm³/mol. The summed E-state index contributed by atoms with van der Waals surface area (Å²) < 4.78 is 6.82. The number of rotatable bonds is 4. The van der Waals surface area contributed by atoms with Crippen LogP contribution in [0.15, 0.2) is 53.0 Å². The molecule has 0 radical (unpaired) electrons. The summed E-state index contributed by atoms with van der Waals surface area (Å²) in [6, 6.07) is 14.4. The minimum atomic E-state index is 0.567. The third kappa shape index (κ3) is 3.97. The molecule has 0 N–H and O–H groups in total. The Balaban J connectivity index is 1.98. The number of aryl methyl sites for hydroxylation is 2. The topological polar surface area (TPSA) is 9.23 Å². The lowest BCUT2D eigenvalue weighted by Crippen LogP contribution is -1.97. The number of hydrogen-bond acceptors (Lipinski definition) is 1. The standard InChI is InChI=1S/C17H17BrO/c1-13-11-14(2)17(16(18)12-13)19-10-6-9-15-7-4-3-5-8-15/h3-9,11-12H,10H2,1-2H3/b9-6+. The third-order valence-electron chi connectivity index (χ3n) is 2.81. The molecule has 0 saturated heterocycles. The summed E-state index contributed by atoms with van der Waals surface area (Å²) in [6.45, 7) is 4.71. The fraction of sp³-hybridized carbons (Fsp3) is 0.176. The molecule has 0 fully saturated rings. The molecule has 1 nitrogen and oxygen atoms in total. The van der Waals surface area contributed by atoms with Gasteiger partial charge in [-0.15, -0.1) is 0 Å². The third-order valence-corrected chi connectivity index (χ3v) is 3.40. The van der Waals surface area contributed by atoms with Crippen LogP contribution < -0.4 is 4.74 Å². The molecule has 0 saturated carbocycles. The molecular weight excluding hydrogens is 300 g/mol. The number of hydrogen-bond donors (Lipinski definition) is 0. The summed E-state index contributed by atoms with van der Waals surface area (Å²) >= 11 is 3.55. The van der Waals surface area contributed by atoms with Crippen molar-refractivity contribution in [3.63, 3.8) is 0 Å². The minimum absolute atomic E-state index is 0.567. The summed E-state index contributed by atoms with van der Waals surface area (Å²) in [4.78, 5) is 0. The van der Waals surface area contributed by atoms with Crippen LogP contribution in [-0.2, 0) is 0 Å². The number of ether oxygens (including phenoxy) is 1. The Kier molecular flexibility index (Phi) is 4.80. The average molecular weight is 317 g/mol. The van der Waals surface area contributed by atoms with E-state index in [1.165, 1.54) is 11.1 Å². The van der Waals surface area contributed by atoms with E-state index >= 15 is 0 Å². The lowest BCUT2D eigenvalue weighted by atomic mass is 10.1. The zero-order valence-electron chi connectivity index (χ0n) is 11.2. The molecular formula is C17H17BrO. The van der Waals surface area contributed by atoms with Gasteiger partial charge in [-0.2, -0.15) is 0 Å². The van der Waals surface area contributed by atoms with Crippen molar-refractivity contribution >= 4 is 22.0 Å². The van der Waals surface area contributed by atoms with E-state index in [1.807, 2.05) is 24.3 Å². The highest BCUT2D eigenvalue weighted by Gasteiger charge is 2.05. The molecule has 0 aliphatic rings. The molecule has 0 bridgehead atoms. The van der Waals surface area contributed by atoms with Gasteiger partial charge in [-0.3, -0.25) is 0 Å². The van der Waals surface area contributed by atoms with Crippen molar-refractivity contribution in [3.05, 3.63) is 69.7 Å². The zero-order valence-corrected chi connectivity index (χ0v) is 12.8. The molecule has 0 aromatic heterocycles. The van der Waals surface area contributed by atoms with E-state index < -0.39 is 0 Å². The first-order valence-electron chi connectivity index (χ1n) is 6.28. The van der Waals surface area contributed by atoms with Gasteiger partial charge >= 0.3 is 0 Å². The maximum atomic E-state index is 5.81. The van der Waals surface area contributed by atoms with Crippen molar-refractivity contribution in [2.24, 2.45) is 0 Å². The highest BCUT2D eigenvalue weighted by atomic mass is 79.9. The van der Waals surface area contributed by atoms with Crippen LogP contribution in [0.1, 0.15) is 16.7 Å². The first kappa shape index (κ1) is 13.9. The highest BCUT2D eigenvalue weighted by molar-refractivity contribution is 9.10. The van der Waals surface area contributed by atoms with Gasteiger partial charge in [-0.25, -0.2) is 0 Å².